The van der Waals surface area contributed by atoms with Crippen LogP contribution < -0.4 is 0 Å². The van der Waals surface area contributed by atoms with Crippen LogP contribution in [0.25, 0.3) is 0 Å². The smallest absolute Gasteiger partial charge is 0.318 e. The van der Waals surface area contributed by atoms with E-state index in [9.17, 15) is 13.2 Å². The van der Waals surface area contributed by atoms with Crippen molar-refractivity contribution in [1.29, 1.82) is 0 Å². The Balaban J connectivity index is 3.36. The summed E-state index contributed by atoms with van der Waals surface area (Å²) < 4.78 is 26.9. The maximum atomic E-state index is 12.6. The molecule has 1 N–H and O–H groups in total. The molecule has 1 aromatic rings. The van der Waals surface area contributed by atoms with E-state index < -0.39 is 28.1 Å². The molecule has 0 aliphatic carbocycles. The zero-order valence-electron chi connectivity index (χ0n) is 11.1. The predicted molar refractivity (Wildman–Crippen MR) is 78.0 cm³/mol. The van der Waals surface area contributed by atoms with E-state index in [4.69, 9.17) is 5.11 Å². The number of aryl methyl sites for hydroxylation is 1. The third-order valence-electron chi connectivity index (χ3n) is 2.44. The van der Waals surface area contributed by atoms with E-state index in [2.05, 4.69) is 15.9 Å². The van der Waals surface area contributed by atoms with E-state index >= 15 is 0 Å². The molecule has 0 saturated heterocycles. The Kier molecular flexibility index (Phi) is 4.82. The van der Waals surface area contributed by atoms with Gasteiger partial charge in [-0.05, 0) is 49.7 Å². The molecule has 19 heavy (non-hydrogen) atoms. The molecular formula is C11H16BrNO4S2. The van der Waals surface area contributed by atoms with Crippen molar-refractivity contribution < 1.29 is 18.3 Å². The Morgan fingerprint density at radius 2 is 2.00 bits per heavy atom. The first kappa shape index (κ1) is 16.6. The maximum absolute atomic E-state index is 12.6. The summed E-state index contributed by atoms with van der Waals surface area (Å²) in [6, 6.07) is 1.51. The number of hydrogen-bond donors (Lipinski definition) is 1. The van der Waals surface area contributed by atoms with Crippen molar-refractivity contribution in [2.45, 2.75) is 38.1 Å². The summed E-state index contributed by atoms with van der Waals surface area (Å²) >= 11 is 4.55. The van der Waals surface area contributed by atoms with Gasteiger partial charge in [-0.15, -0.1) is 11.3 Å². The fraction of sp³-hybridized carbons (Fsp3) is 0.545. The first-order valence-electron chi connectivity index (χ1n) is 5.47. The number of thiophene rings is 1. The van der Waals surface area contributed by atoms with Crippen LogP contribution in [0.4, 0.5) is 0 Å². The summed E-state index contributed by atoms with van der Waals surface area (Å²) in [7, 11) is -3.83. The summed E-state index contributed by atoms with van der Waals surface area (Å²) in [5, 5.41) is 8.92. The van der Waals surface area contributed by atoms with Gasteiger partial charge in [0.2, 0.25) is 10.0 Å². The summed E-state index contributed by atoms with van der Waals surface area (Å²) in [6.07, 6.45) is 0. The lowest BCUT2D eigenvalue weighted by Gasteiger charge is -2.33. The van der Waals surface area contributed by atoms with Crippen molar-refractivity contribution in [2.75, 3.05) is 6.54 Å². The highest BCUT2D eigenvalue weighted by molar-refractivity contribution is 9.11. The van der Waals surface area contributed by atoms with Gasteiger partial charge in [0.1, 0.15) is 6.54 Å². The highest BCUT2D eigenvalue weighted by atomic mass is 79.9. The van der Waals surface area contributed by atoms with Crippen LogP contribution in [0, 0.1) is 6.92 Å². The van der Waals surface area contributed by atoms with Crippen LogP contribution >= 0.6 is 27.3 Å². The van der Waals surface area contributed by atoms with Gasteiger partial charge in [-0.1, -0.05) is 0 Å². The van der Waals surface area contributed by atoms with Crippen LogP contribution in [0.3, 0.4) is 0 Å². The molecular weight excluding hydrogens is 354 g/mol. The predicted octanol–water partition coefficient (Wildman–Crippen LogP) is 2.69. The number of nitrogens with zero attached hydrogens (tertiary/aromatic N) is 1. The minimum Gasteiger partial charge on any atom is -0.480 e. The van der Waals surface area contributed by atoms with Gasteiger partial charge < -0.3 is 5.11 Å². The van der Waals surface area contributed by atoms with E-state index in [1.165, 1.54) is 17.4 Å². The molecule has 0 aliphatic rings. The lowest BCUT2D eigenvalue weighted by molar-refractivity contribution is -0.138. The van der Waals surface area contributed by atoms with Crippen LogP contribution in [0.2, 0.25) is 0 Å². The Morgan fingerprint density at radius 3 is 2.32 bits per heavy atom. The normalized spacial score (nSPS) is 12.9. The molecule has 0 atom stereocenters. The van der Waals surface area contributed by atoms with E-state index in [-0.39, 0.29) is 4.90 Å². The number of aliphatic carboxylic acids is 1. The van der Waals surface area contributed by atoms with Crippen molar-refractivity contribution in [3.63, 3.8) is 0 Å². The average Bonchev–Trinajstić information content (AvgIpc) is 2.53. The van der Waals surface area contributed by atoms with E-state index in [1.807, 2.05) is 0 Å². The third-order valence-corrected chi connectivity index (χ3v) is 6.36. The van der Waals surface area contributed by atoms with Crippen LogP contribution in [0.1, 0.15) is 25.6 Å². The lowest BCUT2D eigenvalue weighted by atomic mass is 10.1. The quantitative estimate of drug-likeness (QED) is 0.884. The molecule has 8 heteroatoms. The second-order valence-electron chi connectivity index (χ2n) is 5.05. The fourth-order valence-corrected chi connectivity index (χ4v) is 5.73. The van der Waals surface area contributed by atoms with Crippen molar-refractivity contribution in [2.24, 2.45) is 0 Å². The topological polar surface area (TPSA) is 74.7 Å². The number of carboxylic acid groups (broad SMARTS) is 1. The molecule has 0 radical (unpaired) electrons. The largest absolute Gasteiger partial charge is 0.480 e. The number of sulfonamides is 1. The molecule has 5 nitrogen and oxygen atoms in total. The third kappa shape index (κ3) is 3.77. The van der Waals surface area contributed by atoms with Gasteiger partial charge in [-0.25, -0.2) is 8.42 Å². The molecule has 0 amide bonds. The molecule has 0 unspecified atom stereocenters. The van der Waals surface area contributed by atoms with Gasteiger partial charge in [-0.3, -0.25) is 4.79 Å². The monoisotopic (exact) mass is 369 g/mol. The molecule has 0 saturated carbocycles. The molecule has 0 aliphatic heterocycles. The summed E-state index contributed by atoms with van der Waals surface area (Å²) in [5.41, 5.74) is -0.807. The van der Waals surface area contributed by atoms with E-state index in [0.717, 1.165) is 4.31 Å². The summed E-state index contributed by atoms with van der Waals surface area (Å²) in [5.74, 6) is -1.18. The van der Waals surface area contributed by atoms with Crippen molar-refractivity contribution in [3.05, 3.63) is 14.7 Å². The van der Waals surface area contributed by atoms with Crippen LogP contribution in [0.5, 0.6) is 0 Å². The van der Waals surface area contributed by atoms with Crippen molar-refractivity contribution >= 4 is 43.3 Å². The molecule has 0 aromatic carbocycles. The first-order chi connectivity index (χ1) is 8.46. The summed E-state index contributed by atoms with van der Waals surface area (Å²) in [6.45, 7) is 6.15. The molecule has 108 valence electrons. The number of carboxylic acids is 1. The minimum absolute atomic E-state index is 0.153. The van der Waals surface area contributed by atoms with Gasteiger partial charge in [0.05, 0.1) is 8.68 Å². The molecule has 0 spiro atoms. The molecule has 0 bridgehead atoms. The Morgan fingerprint density at radius 1 is 1.47 bits per heavy atom. The van der Waals surface area contributed by atoms with Crippen LogP contribution in [0.15, 0.2) is 14.7 Å². The second-order valence-corrected chi connectivity index (χ2v) is 9.51. The highest BCUT2D eigenvalue weighted by Crippen LogP contribution is 2.33. The van der Waals surface area contributed by atoms with Crippen molar-refractivity contribution in [3.8, 4) is 0 Å². The molecule has 0 fully saturated rings. The van der Waals surface area contributed by atoms with Gasteiger partial charge in [0.15, 0.2) is 0 Å². The SMILES string of the molecule is Cc1sc(Br)cc1S(=O)(=O)N(CC(=O)O)C(C)(C)C. The molecule has 1 aromatic heterocycles. The molecule has 1 heterocycles. The van der Waals surface area contributed by atoms with E-state index in [0.29, 0.717) is 8.66 Å². The first-order valence-corrected chi connectivity index (χ1v) is 8.52. The van der Waals surface area contributed by atoms with Gasteiger partial charge in [0.25, 0.3) is 0 Å². The maximum Gasteiger partial charge on any atom is 0.318 e. The zero-order chi connectivity index (χ0) is 15.0. The summed E-state index contributed by atoms with van der Waals surface area (Å²) in [4.78, 5) is 11.7. The van der Waals surface area contributed by atoms with E-state index in [1.54, 1.807) is 27.7 Å². The fourth-order valence-electron chi connectivity index (χ4n) is 1.61. The minimum atomic E-state index is -3.83. The van der Waals surface area contributed by atoms with Crippen molar-refractivity contribution in [1.82, 2.24) is 4.31 Å². The number of hydrogen-bond acceptors (Lipinski definition) is 4. The molecule has 1 rings (SSSR count). The van der Waals surface area contributed by atoms with Gasteiger partial charge in [-0.2, -0.15) is 4.31 Å². The van der Waals surface area contributed by atoms with Gasteiger partial charge >= 0.3 is 5.97 Å². The number of rotatable bonds is 4. The highest BCUT2D eigenvalue weighted by Gasteiger charge is 2.37. The standard InChI is InChI=1S/C11H16BrNO4S2/c1-7-8(5-9(12)18-7)19(16,17)13(6-10(14)15)11(2,3)4/h5H,6H2,1-4H3,(H,14,15). The Bertz CT molecular complexity index is 586. The average molecular weight is 370 g/mol. The lowest BCUT2D eigenvalue weighted by Crippen LogP contribution is -2.48. The number of carbonyl (C=O) groups is 1. The van der Waals surface area contributed by atoms with Crippen LogP contribution in [-0.4, -0.2) is 35.9 Å². The number of halogens is 1. The van der Waals surface area contributed by atoms with Gasteiger partial charge in [0, 0.05) is 10.4 Å². The second kappa shape index (κ2) is 5.51. The van der Waals surface area contributed by atoms with Crippen LogP contribution in [-0.2, 0) is 14.8 Å². The Hall–Kier alpha value is -0.440. The zero-order valence-corrected chi connectivity index (χ0v) is 14.3. The Labute approximate surface area is 125 Å².